The summed E-state index contributed by atoms with van der Waals surface area (Å²) in [6.45, 7) is 0.557. The van der Waals surface area contributed by atoms with Crippen LogP contribution in [0.3, 0.4) is 0 Å². The van der Waals surface area contributed by atoms with Crippen molar-refractivity contribution in [1.82, 2.24) is 0 Å². The van der Waals surface area contributed by atoms with E-state index in [0.717, 1.165) is 18.2 Å². The van der Waals surface area contributed by atoms with Gasteiger partial charge in [0.25, 0.3) is 5.91 Å². The second-order valence-electron chi connectivity index (χ2n) is 5.40. The van der Waals surface area contributed by atoms with Crippen LogP contribution in [0.2, 0.25) is 0 Å². The lowest BCUT2D eigenvalue weighted by Crippen LogP contribution is -2.24. The lowest BCUT2D eigenvalue weighted by molar-refractivity contribution is -0.149. The number of benzene rings is 2. The molecule has 1 N–H and O–H groups in total. The molecule has 0 saturated carbocycles. The van der Waals surface area contributed by atoms with Crippen LogP contribution >= 0.6 is 0 Å². The second-order valence-corrected chi connectivity index (χ2v) is 5.40. The average Bonchev–Trinajstić information content (AvgIpc) is 2.67. The van der Waals surface area contributed by atoms with Crippen LogP contribution in [0.4, 0.5) is 14.5 Å². The number of rotatable bonds is 8. The maximum Gasteiger partial charge on any atom is 0.344 e. The number of para-hydroxylation sites is 1. The van der Waals surface area contributed by atoms with Crippen molar-refractivity contribution in [1.29, 1.82) is 0 Å². The number of amides is 1. The van der Waals surface area contributed by atoms with E-state index in [1.54, 1.807) is 19.1 Å². The number of nitrogens with one attached hydrogen (secondary N) is 1. The zero-order chi connectivity index (χ0) is 19.8. The van der Waals surface area contributed by atoms with E-state index in [4.69, 9.17) is 4.74 Å². The van der Waals surface area contributed by atoms with E-state index >= 15 is 0 Å². The number of halogens is 2. The summed E-state index contributed by atoms with van der Waals surface area (Å²) in [4.78, 5) is 34.7. The maximum atomic E-state index is 13.4. The largest absolute Gasteiger partial charge is 0.482 e. The van der Waals surface area contributed by atoms with Gasteiger partial charge in [0.2, 0.25) is 0 Å². The van der Waals surface area contributed by atoms with Crippen molar-refractivity contribution in [3.8, 4) is 5.75 Å². The van der Waals surface area contributed by atoms with Gasteiger partial charge in [0.1, 0.15) is 23.1 Å². The first-order chi connectivity index (χ1) is 12.9. The van der Waals surface area contributed by atoms with Gasteiger partial charge < -0.3 is 14.8 Å². The molecule has 0 atom stereocenters. The molecule has 0 aliphatic carbocycles. The van der Waals surface area contributed by atoms with Gasteiger partial charge in [-0.05, 0) is 36.4 Å². The van der Waals surface area contributed by atoms with Crippen molar-refractivity contribution in [2.75, 3.05) is 18.5 Å². The van der Waals surface area contributed by atoms with Crippen LogP contribution in [0.25, 0.3) is 0 Å². The smallest absolute Gasteiger partial charge is 0.344 e. The normalized spacial score (nSPS) is 10.2. The fourth-order valence-corrected chi connectivity index (χ4v) is 2.06. The third kappa shape index (κ3) is 5.88. The summed E-state index contributed by atoms with van der Waals surface area (Å²) in [5.74, 6) is -3.29. The lowest BCUT2D eigenvalue weighted by atomic mass is 10.1. The summed E-state index contributed by atoms with van der Waals surface area (Å²) >= 11 is 0. The Hall–Kier alpha value is -3.29. The Morgan fingerprint density at radius 3 is 2.19 bits per heavy atom. The zero-order valence-corrected chi connectivity index (χ0v) is 14.5. The van der Waals surface area contributed by atoms with Crippen LogP contribution in [0.5, 0.6) is 5.75 Å². The number of hydrogen-bond acceptors (Lipinski definition) is 5. The van der Waals surface area contributed by atoms with Crippen molar-refractivity contribution in [3.05, 3.63) is 59.7 Å². The van der Waals surface area contributed by atoms with Gasteiger partial charge in [-0.25, -0.2) is 13.6 Å². The highest BCUT2D eigenvalue weighted by Crippen LogP contribution is 2.17. The van der Waals surface area contributed by atoms with Crippen LogP contribution in [0.15, 0.2) is 42.5 Å². The molecule has 2 aromatic carbocycles. The van der Waals surface area contributed by atoms with Gasteiger partial charge in [0.05, 0.1) is 0 Å². The molecule has 2 aromatic rings. The molecule has 0 fully saturated rings. The van der Waals surface area contributed by atoms with Crippen molar-refractivity contribution >= 4 is 23.3 Å². The van der Waals surface area contributed by atoms with Crippen LogP contribution in [-0.4, -0.2) is 30.9 Å². The summed E-state index contributed by atoms with van der Waals surface area (Å²) < 4.78 is 36.7. The molecule has 1 amide bonds. The predicted molar refractivity (Wildman–Crippen MR) is 92.5 cm³/mol. The molecule has 0 aliphatic rings. The molecule has 0 heterocycles. The predicted octanol–water partition coefficient (Wildman–Crippen LogP) is 3.12. The SMILES string of the molecule is CCC(=O)c1ccc(OCC(=O)OCC(=O)Nc2c(F)cccc2F)cc1. The van der Waals surface area contributed by atoms with Gasteiger partial charge in [-0.1, -0.05) is 13.0 Å². The second kappa shape index (κ2) is 9.42. The molecule has 8 heteroatoms. The Morgan fingerprint density at radius 1 is 0.963 bits per heavy atom. The number of ether oxygens (including phenoxy) is 2. The molecule has 0 unspecified atom stereocenters. The minimum absolute atomic E-state index is 0.0155. The van der Waals surface area contributed by atoms with Gasteiger partial charge in [-0.15, -0.1) is 0 Å². The highest BCUT2D eigenvalue weighted by atomic mass is 19.1. The van der Waals surface area contributed by atoms with E-state index in [-0.39, 0.29) is 5.78 Å². The summed E-state index contributed by atoms with van der Waals surface area (Å²) in [6, 6.07) is 9.33. The number of carbonyl (C=O) groups is 3. The molecular weight excluding hydrogens is 360 g/mol. The summed E-state index contributed by atoms with van der Waals surface area (Å²) in [5.41, 5.74) is -0.0824. The molecule has 6 nitrogen and oxygen atoms in total. The molecule has 27 heavy (non-hydrogen) atoms. The monoisotopic (exact) mass is 377 g/mol. The number of carbonyl (C=O) groups excluding carboxylic acids is 3. The van der Waals surface area contributed by atoms with Crippen LogP contribution in [0.1, 0.15) is 23.7 Å². The molecule has 0 bridgehead atoms. The van der Waals surface area contributed by atoms with Crippen LogP contribution in [-0.2, 0) is 14.3 Å². The Morgan fingerprint density at radius 2 is 1.59 bits per heavy atom. The molecule has 0 spiro atoms. The van der Waals surface area contributed by atoms with E-state index < -0.39 is 42.4 Å². The first kappa shape index (κ1) is 20.0. The molecule has 142 valence electrons. The molecular formula is C19H17F2NO5. The summed E-state index contributed by atoms with van der Waals surface area (Å²) in [6.07, 6.45) is 0.380. The fraction of sp³-hybridized carbons (Fsp3) is 0.211. The first-order valence-corrected chi connectivity index (χ1v) is 8.06. The van der Waals surface area contributed by atoms with Gasteiger partial charge >= 0.3 is 5.97 Å². The number of ketones is 1. The van der Waals surface area contributed by atoms with Gasteiger partial charge in [-0.2, -0.15) is 0 Å². The third-order valence-electron chi connectivity index (χ3n) is 3.45. The quantitative estimate of drug-likeness (QED) is 0.565. The van der Waals surface area contributed by atoms with Gasteiger partial charge in [0, 0.05) is 12.0 Å². The van der Waals surface area contributed by atoms with Crippen molar-refractivity contribution in [2.45, 2.75) is 13.3 Å². The molecule has 0 saturated heterocycles. The topological polar surface area (TPSA) is 81.7 Å². The highest BCUT2D eigenvalue weighted by Gasteiger charge is 2.14. The minimum Gasteiger partial charge on any atom is -0.482 e. The van der Waals surface area contributed by atoms with Gasteiger partial charge in [0.15, 0.2) is 19.0 Å². The van der Waals surface area contributed by atoms with Crippen LogP contribution in [0, 0.1) is 11.6 Å². The first-order valence-electron chi connectivity index (χ1n) is 8.06. The third-order valence-corrected chi connectivity index (χ3v) is 3.45. The van der Waals surface area contributed by atoms with Gasteiger partial charge in [-0.3, -0.25) is 9.59 Å². The van der Waals surface area contributed by atoms with E-state index in [9.17, 15) is 23.2 Å². The Balaban J connectivity index is 1.77. The van der Waals surface area contributed by atoms with Crippen LogP contribution < -0.4 is 10.1 Å². The Kier molecular flexibility index (Phi) is 6.99. The number of hydrogen-bond donors (Lipinski definition) is 1. The molecule has 0 radical (unpaired) electrons. The Labute approximate surface area is 154 Å². The van der Waals surface area contributed by atoms with E-state index in [1.165, 1.54) is 12.1 Å². The summed E-state index contributed by atoms with van der Waals surface area (Å²) in [5, 5.41) is 1.99. The highest BCUT2D eigenvalue weighted by molar-refractivity contribution is 5.96. The molecule has 0 aromatic heterocycles. The molecule has 0 aliphatic heterocycles. The van der Waals surface area contributed by atoms with E-state index in [2.05, 4.69) is 4.74 Å². The van der Waals surface area contributed by atoms with E-state index in [1.807, 2.05) is 5.32 Å². The number of Topliss-reactive ketones (excluding diaryl/α,β-unsaturated/α-hetero) is 1. The number of esters is 1. The lowest BCUT2D eigenvalue weighted by Gasteiger charge is -2.09. The minimum atomic E-state index is -0.942. The fourth-order valence-electron chi connectivity index (χ4n) is 2.06. The van der Waals surface area contributed by atoms with Crippen molar-refractivity contribution in [3.63, 3.8) is 0 Å². The number of anilines is 1. The molecule has 2 rings (SSSR count). The Bertz CT molecular complexity index is 816. The van der Waals surface area contributed by atoms with Crippen molar-refractivity contribution in [2.24, 2.45) is 0 Å². The maximum absolute atomic E-state index is 13.4. The van der Waals surface area contributed by atoms with Crippen molar-refractivity contribution < 1.29 is 32.6 Å². The van der Waals surface area contributed by atoms with E-state index in [0.29, 0.717) is 17.7 Å². The standard InChI is InChI=1S/C19H17F2NO5/c1-2-16(23)12-6-8-13(9-7-12)26-11-18(25)27-10-17(24)22-19-14(20)4-3-5-15(19)21/h3-9H,2,10-11H2,1H3,(H,22,24). The summed E-state index contributed by atoms with van der Waals surface area (Å²) in [7, 11) is 0. The zero-order valence-electron chi connectivity index (χ0n) is 14.5. The average molecular weight is 377 g/mol.